The monoisotopic (exact) mass is 186 g/mol. The zero-order valence-electron chi connectivity index (χ0n) is 8.38. The number of amides is 1. The Balaban J connectivity index is 2.37. The molecule has 1 rings (SSSR count). The van der Waals surface area contributed by atoms with Crippen LogP contribution in [0.1, 0.15) is 12.8 Å². The minimum absolute atomic E-state index is 0.171. The summed E-state index contributed by atoms with van der Waals surface area (Å²) < 4.78 is 5.24. The van der Waals surface area contributed by atoms with Crippen molar-refractivity contribution < 1.29 is 9.53 Å². The smallest absolute Gasteiger partial charge is 0.236 e. The Labute approximate surface area is 79.2 Å². The molecule has 1 aliphatic heterocycles. The predicted octanol–water partition coefficient (Wildman–Crippen LogP) is -0.157. The number of methoxy groups -OCH3 is 1. The number of hydrogen-bond donors (Lipinski definition) is 1. The molecule has 0 radical (unpaired) electrons. The SMILES string of the molecule is CNCC(=O)N1CCCC(OC)C1. The van der Waals surface area contributed by atoms with Gasteiger partial charge in [-0.1, -0.05) is 0 Å². The lowest BCUT2D eigenvalue weighted by molar-refractivity contribution is -0.133. The van der Waals surface area contributed by atoms with Crippen LogP contribution in [0.15, 0.2) is 0 Å². The number of hydrogen-bond acceptors (Lipinski definition) is 3. The predicted molar refractivity (Wildman–Crippen MR) is 50.5 cm³/mol. The minimum Gasteiger partial charge on any atom is -0.380 e. The fraction of sp³-hybridized carbons (Fsp3) is 0.889. The van der Waals surface area contributed by atoms with Crippen LogP contribution in [0.2, 0.25) is 0 Å². The summed E-state index contributed by atoms with van der Waals surface area (Å²) in [6.45, 7) is 2.05. The first-order chi connectivity index (χ1) is 6.27. The maximum Gasteiger partial charge on any atom is 0.236 e. The maximum absolute atomic E-state index is 11.5. The number of ether oxygens (including phenoxy) is 1. The van der Waals surface area contributed by atoms with Gasteiger partial charge in [-0.3, -0.25) is 4.79 Å². The van der Waals surface area contributed by atoms with Gasteiger partial charge >= 0.3 is 0 Å². The van der Waals surface area contributed by atoms with Gasteiger partial charge < -0.3 is 15.0 Å². The van der Waals surface area contributed by atoms with Crippen LogP contribution in [0.25, 0.3) is 0 Å². The number of likely N-dealkylation sites (N-methyl/N-ethyl adjacent to an activating group) is 1. The molecule has 4 heteroatoms. The van der Waals surface area contributed by atoms with E-state index in [-0.39, 0.29) is 12.0 Å². The Morgan fingerprint density at radius 3 is 3.08 bits per heavy atom. The van der Waals surface area contributed by atoms with Crippen molar-refractivity contribution in [1.82, 2.24) is 10.2 Å². The van der Waals surface area contributed by atoms with Crippen molar-refractivity contribution in [3.05, 3.63) is 0 Å². The number of rotatable bonds is 3. The number of carbonyl (C=O) groups excluding carboxylic acids is 1. The van der Waals surface area contributed by atoms with Gasteiger partial charge in [-0.2, -0.15) is 0 Å². The number of nitrogens with zero attached hydrogens (tertiary/aromatic N) is 1. The summed E-state index contributed by atoms with van der Waals surface area (Å²) >= 11 is 0. The van der Waals surface area contributed by atoms with Gasteiger partial charge in [-0.15, -0.1) is 0 Å². The number of carbonyl (C=O) groups is 1. The first-order valence-electron chi connectivity index (χ1n) is 4.73. The second-order valence-electron chi connectivity index (χ2n) is 3.37. The van der Waals surface area contributed by atoms with Gasteiger partial charge in [0, 0.05) is 20.2 Å². The zero-order valence-corrected chi connectivity index (χ0v) is 8.38. The quantitative estimate of drug-likeness (QED) is 0.666. The van der Waals surface area contributed by atoms with Gasteiger partial charge in [-0.05, 0) is 19.9 Å². The van der Waals surface area contributed by atoms with Crippen LogP contribution in [0.4, 0.5) is 0 Å². The number of likely N-dealkylation sites (tertiary alicyclic amines) is 1. The summed E-state index contributed by atoms with van der Waals surface area (Å²) in [5.41, 5.74) is 0. The molecule has 1 saturated heterocycles. The molecule has 76 valence electrons. The van der Waals surface area contributed by atoms with E-state index in [1.165, 1.54) is 0 Å². The fourth-order valence-electron chi connectivity index (χ4n) is 1.62. The summed E-state index contributed by atoms with van der Waals surface area (Å²) in [4.78, 5) is 13.3. The van der Waals surface area contributed by atoms with Gasteiger partial charge in [0.2, 0.25) is 5.91 Å². The Kier molecular flexibility index (Phi) is 4.18. The normalized spacial score (nSPS) is 23.2. The average Bonchev–Trinajstić information content (AvgIpc) is 2.18. The lowest BCUT2D eigenvalue weighted by Crippen LogP contribution is -2.45. The van der Waals surface area contributed by atoms with E-state index in [9.17, 15) is 4.79 Å². The summed E-state index contributed by atoms with van der Waals surface area (Å²) in [6, 6.07) is 0. The molecule has 0 bridgehead atoms. The molecule has 1 amide bonds. The molecule has 1 N–H and O–H groups in total. The van der Waals surface area contributed by atoms with Gasteiger partial charge in [0.25, 0.3) is 0 Å². The molecule has 4 nitrogen and oxygen atoms in total. The molecule has 1 fully saturated rings. The van der Waals surface area contributed by atoms with E-state index >= 15 is 0 Å². The second kappa shape index (κ2) is 5.19. The highest BCUT2D eigenvalue weighted by Gasteiger charge is 2.22. The molecule has 13 heavy (non-hydrogen) atoms. The summed E-state index contributed by atoms with van der Waals surface area (Å²) in [5, 5.41) is 2.87. The molecular weight excluding hydrogens is 168 g/mol. The first kappa shape index (κ1) is 10.5. The Morgan fingerprint density at radius 2 is 2.46 bits per heavy atom. The van der Waals surface area contributed by atoms with Crippen LogP contribution in [-0.4, -0.2) is 50.7 Å². The van der Waals surface area contributed by atoms with E-state index in [1.807, 2.05) is 4.90 Å². The lowest BCUT2D eigenvalue weighted by Gasteiger charge is -2.31. The molecule has 0 aromatic heterocycles. The van der Waals surface area contributed by atoms with Gasteiger partial charge in [-0.25, -0.2) is 0 Å². The van der Waals surface area contributed by atoms with E-state index in [0.29, 0.717) is 6.54 Å². The second-order valence-corrected chi connectivity index (χ2v) is 3.37. The molecule has 0 aliphatic carbocycles. The fourth-order valence-corrected chi connectivity index (χ4v) is 1.62. The van der Waals surface area contributed by atoms with Crippen molar-refractivity contribution in [2.75, 3.05) is 33.8 Å². The van der Waals surface area contributed by atoms with Crippen LogP contribution in [0.3, 0.4) is 0 Å². The topological polar surface area (TPSA) is 41.6 Å². The van der Waals surface area contributed by atoms with Gasteiger partial charge in [0.1, 0.15) is 0 Å². The van der Waals surface area contributed by atoms with Crippen molar-refractivity contribution in [2.45, 2.75) is 18.9 Å². The Morgan fingerprint density at radius 1 is 1.69 bits per heavy atom. The highest BCUT2D eigenvalue weighted by atomic mass is 16.5. The molecular formula is C9H18N2O2. The summed E-state index contributed by atoms with van der Waals surface area (Å²) in [7, 11) is 3.49. The molecule has 1 atom stereocenters. The molecule has 0 aromatic carbocycles. The van der Waals surface area contributed by atoms with Crippen LogP contribution in [0, 0.1) is 0 Å². The largest absolute Gasteiger partial charge is 0.380 e. The van der Waals surface area contributed by atoms with Crippen molar-refractivity contribution in [3.8, 4) is 0 Å². The molecule has 0 saturated carbocycles. The third-order valence-corrected chi connectivity index (χ3v) is 2.39. The summed E-state index contributed by atoms with van der Waals surface area (Å²) in [6.07, 6.45) is 2.35. The molecule has 0 aromatic rings. The lowest BCUT2D eigenvalue weighted by atomic mass is 10.1. The Bertz CT molecular complexity index is 173. The summed E-state index contributed by atoms with van der Waals surface area (Å²) in [5.74, 6) is 0.171. The highest BCUT2D eigenvalue weighted by Crippen LogP contribution is 2.11. The molecule has 0 spiro atoms. The van der Waals surface area contributed by atoms with E-state index in [2.05, 4.69) is 5.32 Å². The van der Waals surface area contributed by atoms with Crippen LogP contribution >= 0.6 is 0 Å². The van der Waals surface area contributed by atoms with Crippen molar-refractivity contribution in [3.63, 3.8) is 0 Å². The molecule has 1 aliphatic rings. The van der Waals surface area contributed by atoms with Crippen molar-refractivity contribution in [2.24, 2.45) is 0 Å². The number of piperidine rings is 1. The van der Waals surface area contributed by atoms with Crippen LogP contribution in [-0.2, 0) is 9.53 Å². The van der Waals surface area contributed by atoms with E-state index in [0.717, 1.165) is 25.9 Å². The molecule has 1 heterocycles. The third-order valence-electron chi connectivity index (χ3n) is 2.39. The van der Waals surface area contributed by atoms with E-state index in [4.69, 9.17) is 4.74 Å². The van der Waals surface area contributed by atoms with Crippen LogP contribution < -0.4 is 5.32 Å². The molecule has 1 unspecified atom stereocenters. The maximum atomic E-state index is 11.5. The number of nitrogens with one attached hydrogen (secondary N) is 1. The minimum atomic E-state index is 0.171. The standard InChI is InChI=1S/C9H18N2O2/c1-10-6-9(12)11-5-3-4-8(7-11)13-2/h8,10H,3-7H2,1-2H3. The van der Waals surface area contributed by atoms with E-state index in [1.54, 1.807) is 14.2 Å². The first-order valence-corrected chi connectivity index (χ1v) is 4.73. The van der Waals surface area contributed by atoms with Crippen molar-refractivity contribution in [1.29, 1.82) is 0 Å². The van der Waals surface area contributed by atoms with Crippen molar-refractivity contribution >= 4 is 5.91 Å². The average molecular weight is 186 g/mol. The van der Waals surface area contributed by atoms with Gasteiger partial charge in [0.15, 0.2) is 0 Å². The third kappa shape index (κ3) is 2.97. The highest BCUT2D eigenvalue weighted by molar-refractivity contribution is 5.78. The zero-order chi connectivity index (χ0) is 9.68. The Hall–Kier alpha value is -0.610. The van der Waals surface area contributed by atoms with E-state index < -0.39 is 0 Å². The van der Waals surface area contributed by atoms with Gasteiger partial charge in [0.05, 0.1) is 12.6 Å². The van der Waals surface area contributed by atoms with Crippen LogP contribution in [0.5, 0.6) is 0 Å².